The van der Waals surface area contributed by atoms with Crippen molar-refractivity contribution in [3.63, 3.8) is 0 Å². The van der Waals surface area contributed by atoms with Crippen molar-refractivity contribution < 1.29 is 14.7 Å². The molecule has 0 saturated heterocycles. The van der Waals surface area contributed by atoms with Crippen LogP contribution in [0.15, 0.2) is 0 Å². The highest BCUT2D eigenvalue weighted by atomic mass is 16.4. The zero-order valence-corrected chi connectivity index (χ0v) is 13.6. The molecular weight excluding hydrogens is 268 g/mol. The number of rotatable bonds is 7. The van der Waals surface area contributed by atoms with E-state index in [2.05, 4.69) is 12.2 Å². The molecule has 122 valence electrons. The Balaban J connectivity index is 2.29. The Morgan fingerprint density at radius 2 is 1.90 bits per heavy atom. The number of carboxylic acids is 1. The molecule has 5 nitrogen and oxygen atoms in total. The van der Waals surface area contributed by atoms with Crippen molar-refractivity contribution >= 4 is 12.0 Å². The van der Waals surface area contributed by atoms with Crippen LogP contribution in [0.5, 0.6) is 0 Å². The van der Waals surface area contributed by atoms with Crippen LogP contribution in [0.1, 0.15) is 65.2 Å². The lowest BCUT2D eigenvalue weighted by molar-refractivity contribution is -0.137. The van der Waals surface area contributed by atoms with Gasteiger partial charge in [-0.3, -0.25) is 4.79 Å². The smallest absolute Gasteiger partial charge is 0.317 e. The first-order valence-corrected chi connectivity index (χ1v) is 8.19. The fourth-order valence-electron chi connectivity index (χ4n) is 3.05. The van der Waals surface area contributed by atoms with Gasteiger partial charge < -0.3 is 15.3 Å². The standard InChI is InChI=1S/C16H30N2O3/c1-4-13-8-10-14(11-9-13)18(3)16(21)17-12(2)6-5-7-15(19)20/h12-14H,4-11H2,1-3H3,(H,17,21)(H,19,20). The summed E-state index contributed by atoms with van der Waals surface area (Å²) in [7, 11) is 1.87. The number of aliphatic carboxylic acids is 1. The highest BCUT2D eigenvalue weighted by Crippen LogP contribution is 2.28. The quantitative estimate of drug-likeness (QED) is 0.758. The third kappa shape index (κ3) is 6.36. The van der Waals surface area contributed by atoms with Gasteiger partial charge in [0.25, 0.3) is 0 Å². The third-order valence-electron chi connectivity index (χ3n) is 4.66. The Hall–Kier alpha value is -1.26. The van der Waals surface area contributed by atoms with E-state index in [0.29, 0.717) is 18.9 Å². The lowest BCUT2D eigenvalue weighted by Gasteiger charge is -2.35. The molecule has 0 aromatic heterocycles. The van der Waals surface area contributed by atoms with Crippen molar-refractivity contribution in [2.24, 2.45) is 5.92 Å². The molecule has 0 bridgehead atoms. The number of nitrogens with one attached hydrogen (secondary N) is 1. The number of carboxylic acid groups (broad SMARTS) is 1. The molecule has 5 heteroatoms. The van der Waals surface area contributed by atoms with Gasteiger partial charge >= 0.3 is 12.0 Å². The summed E-state index contributed by atoms with van der Waals surface area (Å²) in [6, 6.07) is 0.336. The predicted octanol–water partition coefficient (Wildman–Crippen LogP) is 3.24. The summed E-state index contributed by atoms with van der Waals surface area (Å²) >= 11 is 0. The maximum Gasteiger partial charge on any atom is 0.317 e. The van der Waals surface area contributed by atoms with Crippen molar-refractivity contribution in [1.29, 1.82) is 0 Å². The van der Waals surface area contributed by atoms with Crippen molar-refractivity contribution in [2.45, 2.75) is 77.3 Å². The van der Waals surface area contributed by atoms with E-state index in [1.807, 2.05) is 18.9 Å². The summed E-state index contributed by atoms with van der Waals surface area (Å²) in [5, 5.41) is 11.6. The first kappa shape index (κ1) is 17.8. The van der Waals surface area contributed by atoms with Gasteiger partial charge in [-0.1, -0.05) is 13.3 Å². The maximum atomic E-state index is 12.2. The SMILES string of the molecule is CCC1CCC(N(C)C(=O)NC(C)CCCC(=O)O)CC1. The molecule has 1 aliphatic carbocycles. The molecule has 0 spiro atoms. The first-order chi connectivity index (χ1) is 9.93. The predicted molar refractivity (Wildman–Crippen MR) is 83.3 cm³/mol. The van der Waals surface area contributed by atoms with Crippen LogP contribution in [-0.2, 0) is 4.79 Å². The Bertz CT molecular complexity index is 338. The van der Waals surface area contributed by atoms with E-state index >= 15 is 0 Å². The molecule has 0 aromatic rings. The molecule has 0 aromatic carbocycles. The second-order valence-electron chi connectivity index (χ2n) is 6.33. The number of hydrogen-bond donors (Lipinski definition) is 2. The molecule has 21 heavy (non-hydrogen) atoms. The molecule has 0 aliphatic heterocycles. The third-order valence-corrected chi connectivity index (χ3v) is 4.66. The van der Waals surface area contributed by atoms with Gasteiger partial charge in [0, 0.05) is 25.6 Å². The second-order valence-corrected chi connectivity index (χ2v) is 6.33. The topological polar surface area (TPSA) is 69.6 Å². The second kappa shape index (κ2) is 8.90. The molecule has 1 unspecified atom stereocenters. The van der Waals surface area contributed by atoms with E-state index < -0.39 is 5.97 Å². The van der Waals surface area contributed by atoms with Crippen LogP contribution >= 0.6 is 0 Å². The van der Waals surface area contributed by atoms with Crippen molar-refractivity contribution in [3.8, 4) is 0 Å². The molecule has 2 N–H and O–H groups in total. The first-order valence-electron chi connectivity index (χ1n) is 8.19. The fraction of sp³-hybridized carbons (Fsp3) is 0.875. The van der Waals surface area contributed by atoms with Crippen LogP contribution in [0.3, 0.4) is 0 Å². The lowest BCUT2D eigenvalue weighted by Crippen LogP contribution is -2.47. The zero-order chi connectivity index (χ0) is 15.8. The fourth-order valence-corrected chi connectivity index (χ4v) is 3.05. The summed E-state index contributed by atoms with van der Waals surface area (Å²) in [6.07, 6.45) is 7.32. The van der Waals surface area contributed by atoms with Crippen LogP contribution < -0.4 is 5.32 Å². The molecule has 1 atom stereocenters. The van der Waals surface area contributed by atoms with Crippen molar-refractivity contribution in [3.05, 3.63) is 0 Å². The molecule has 1 saturated carbocycles. The molecule has 2 amide bonds. The average Bonchev–Trinajstić information content (AvgIpc) is 2.46. The van der Waals surface area contributed by atoms with Gasteiger partial charge in [0.1, 0.15) is 0 Å². The number of hydrogen-bond acceptors (Lipinski definition) is 2. The monoisotopic (exact) mass is 298 g/mol. The molecule has 1 rings (SSSR count). The minimum atomic E-state index is -0.779. The van der Waals surface area contributed by atoms with Crippen LogP contribution in [0.25, 0.3) is 0 Å². The van der Waals surface area contributed by atoms with E-state index in [9.17, 15) is 9.59 Å². The van der Waals surface area contributed by atoms with E-state index in [0.717, 1.165) is 18.8 Å². The van der Waals surface area contributed by atoms with E-state index in [1.54, 1.807) is 0 Å². The van der Waals surface area contributed by atoms with Gasteiger partial charge in [-0.05, 0) is 51.4 Å². The number of nitrogens with zero attached hydrogens (tertiary/aromatic N) is 1. The largest absolute Gasteiger partial charge is 0.481 e. The minimum absolute atomic E-state index is 0.0197. The number of carbonyl (C=O) groups is 2. The highest BCUT2D eigenvalue weighted by molar-refractivity contribution is 5.74. The Morgan fingerprint density at radius 1 is 1.29 bits per heavy atom. The summed E-state index contributed by atoms with van der Waals surface area (Å²) in [6.45, 7) is 4.17. The molecule has 0 heterocycles. The Labute approximate surface area is 128 Å². The van der Waals surface area contributed by atoms with Gasteiger partial charge in [-0.2, -0.15) is 0 Å². The number of amides is 2. The summed E-state index contributed by atoms with van der Waals surface area (Å²) in [5.74, 6) is 0.0472. The Kier molecular flexibility index (Phi) is 7.54. The van der Waals surface area contributed by atoms with Gasteiger partial charge in [0.05, 0.1) is 0 Å². The normalized spacial score (nSPS) is 23.4. The van der Waals surface area contributed by atoms with Gasteiger partial charge in [0.2, 0.25) is 0 Å². The molecule has 1 fully saturated rings. The van der Waals surface area contributed by atoms with E-state index in [1.165, 1.54) is 19.3 Å². The number of urea groups is 1. The molecule has 1 aliphatic rings. The average molecular weight is 298 g/mol. The van der Waals surface area contributed by atoms with Gasteiger partial charge in [-0.25, -0.2) is 4.79 Å². The number of carbonyl (C=O) groups excluding carboxylic acids is 1. The highest BCUT2D eigenvalue weighted by Gasteiger charge is 2.26. The minimum Gasteiger partial charge on any atom is -0.481 e. The van der Waals surface area contributed by atoms with Crippen molar-refractivity contribution in [2.75, 3.05) is 7.05 Å². The zero-order valence-electron chi connectivity index (χ0n) is 13.6. The summed E-state index contributed by atoms with van der Waals surface area (Å²) < 4.78 is 0. The van der Waals surface area contributed by atoms with Crippen LogP contribution in [0.4, 0.5) is 4.79 Å². The molecular formula is C16H30N2O3. The summed E-state index contributed by atoms with van der Waals surface area (Å²) in [5.41, 5.74) is 0. The maximum absolute atomic E-state index is 12.2. The van der Waals surface area contributed by atoms with Gasteiger partial charge in [-0.15, -0.1) is 0 Å². The van der Waals surface area contributed by atoms with E-state index in [4.69, 9.17) is 5.11 Å². The van der Waals surface area contributed by atoms with Crippen LogP contribution in [0, 0.1) is 5.92 Å². The Morgan fingerprint density at radius 3 is 2.43 bits per heavy atom. The summed E-state index contributed by atoms with van der Waals surface area (Å²) in [4.78, 5) is 24.5. The van der Waals surface area contributed by atoms with Gasteiger partial charge in [0.15, 0.2) is 0 Å². The lowest BCUT2D eigenvalue weighted by atomic mass is 9.84. The van der Waals surface area contributed by atoms with E-state index in [-0.39, 0.29) is 18.5 Å². The van der Waals surface area contributed by atoms with Crippen molar-refractivity contribution in [1.82, 2.24) is 10.2 Å². The van der Waals surface area contributed by atoms with Crippen LogP contribution in [0.2, 0.25) is 0 Å². The molecule has 0 radical (unpaired) electrons. The van der Waals surface area contributed by atoms with Crippen LogP contribution in [-0.4, -0.2) is 41.1 Å².